The van der Waals surface area contributed by atoms with Crippen molar-refractivity contribution in [3.8, 4) is 0 Å². The average Bonchev–Trinajstić information content (AvgIpc) is 3.25. The smallest absolute Gasteiger partial charge is 0.263 e. The van der Waals surface area contributed by atoms with Gasteiger partial charge >= 0.3 is 0 Å². The van der Waals surface area contributed by atoms with E-state index in [0.717, 1.165) is 11.3 Å². The summed E-state index contributed by atoms with van der Waals surface area (Å²) < 4.78 is 27.1. The Morgan fingerprint density at radius 1 is 1.03 bits per heavy atom. The number of nitrogens with one attached hydrogen (secondary N) is 3. The summed E-state index contributed by atoms with van der Waals surface area (Å²) in [6.45, 7) is 0. The van der Waals surface area contributed by atoms with E-state index in [2.05, 4.69) is 20.3 Å². The van der Waals surface area contributed by atoms with E-state index in [9.17, 15) is 22.8 Å². The van der Waals surface area contributed by atoms with Crippen molar-refractivity contribution in [1.82, 2.24) is 10.3 Å². The highest BCUT2D eigenvalue weighted by atomic mass is 32.2. The van der Waals surface area contributed by atoms with Gasteiger partial charge < -0.3 is 5.32 Å². The SMILES string of the molecule is O=C(Cc1csc(NS(=O)(=O)c2ccccc2)n1)Nc1ccc2c(c1)C(=O)NC2=O. The van der Waals surface area contributed by atoms with Gasteiger partial charge in [0.2, 0.25) is 5.91 Å². The molecule has 0 radical (unpaired) electrons. The number of amides is 3. The zero-order valence-electron chi connectivity index (χ0n) is 15.2. The molecule has 0 bridgehead atoms. The number of anilines is 2. The Kier molecular flexibility index (Phi) is 5.06. The summed E-state index contributed by atoms with van der Waals surface area (Å²) in [6, 6.07) is 12.3. The molecule has 4 rings (SSSR count). The molecule has 0 atom stereocenters. The number of nitrogens with zero attached hydrogens (tertiary/aromatic N) is 1. The van der Waals surface area contributed by atoms with Gasteiger partial charge in [0.05, 0.1) is 28.1 Å². The molecule has 9 nitrogen and oxygen atoms in total. The second kappa shape index (κ2) is 7.69. The number of carbonyl (C=O) groups excluding carboxylic acids is 3. The molecule has 1 aromatic heterocycles. The van der Waals surface area contributed by atoms with Crippen molar-refractivity contribution in [3.63, 3.8) is 0 Å². The highest BCUT2D eigenvalue weighted by Crippen LogP contribution is 2.22. The molecular formula is C19H14N4O5S2. The molecule has 30 heavy (non-hydrogen) atoms. The molecule has 3 N–H and O–H groups in total. The van der Waals surface area contributed by atoms with Gasteiger partial charge in [0.25, 0.3) is 21.8 Å². The van der Waals surface area contributed by atoms with E-state index in [0.29, 0.717) is 11.4 Å². The number of hydrogen-bond donors (Lipinski definition) is 3. The molecule has 3 aromatic rings. The quantitative estimate of drug-likeness (QED) is 0.500. The van der Waals surface area contributed by atoms with E-state index in [4.69, 9.17) is 0 Å². The molecule has 0 fully saturated rings. The average molecular weight is 442 g/mol. The Labute approximate surface area is 175 Å². The minimum atomic E-state index is -3.76. The predicted octanol–water partition coefficient (Wildman–Crippen LogP) is 2.01. The van der Waals surface area contributed by atoms with E-state index >= 15 is 0 Å². The van der Waals surface area contributed by atoms with Crippen molar-refractivity contribution in [2.24, 2.45) is 0 Å². The van der Waals surface area contributed by atoms with Crippen molar-refractivity contribution in [2.75, 3.05) is 10.0 Å². The Balaban J connectivity index is 1.41. The first kappa shape index (κ1) is 19.7. The molecule has 0 spiro atoms. The molecule has 0 aliphatic carbocycles. The maximum atomic E-state index is 12.3. The third kappa shape index (κ3) is 4.07. The molecule has 2 aromatic carbocycles. The fourth-order valence-corrected chi connectivity index (χ4v) is 4.81. The fourth-order valence-electron chi connectivity index (χ4n) is 2.82. The van der Waals surface area contributed by atoms with Crippen LogP contribution in [0.3, 0.4) is 0 Å². The van der Waals surface area contributed by atoms with Gasteiger partial charge in [-0.05, 0) is 30.3 Å². The highest BCUT2D eigenvalue weighted by molar-refractivity contribution is 7.93. The Morgan fingerprint density at radius 3 is 2.53 bits per heavy atom. The lowest BCUT2D eigenvalue weighted by Gasteiger charge is -2.05. The molecule has 1 aliphatic heterocycles. The Hall–Kier alpha value is -3.57. The van der Waals surface area contributed by atoms with E-state index in [1.165, 1.54) is 30.3 Å². The van der Waals surface area contributed by atoms with Crippen LogP contribution in [-0.2, 0) is 21.2 Å². The van der Waals surface area contributed by atoms with Crippen LogP contribution in [0.15, 0.2) is 58.8 Å². The van der Waals surface area contributed by atoms with Crippen molar-refractivity contribution in [2.45, 2.75) is 11.3 Å². The maximum Gasteiger partial charge on any atom is 0.263 e. The lowest BCUT2D eigenvalue weighted by Crippen LogP contribution is -2.19. The monoisotopic (exact) mass is 442 g/mol. The summed E-state index contributed by atoms with van der Waals surface area (Å²) in [5, 5.41) is 6.54. The van der Waals surface area contributed by atoms with Gasteiger partial charge in [0, 0.05) is 11.1 Å². The van der Waals surface area contributed by atoms with Gasteiger partial charge in [-0.2, -0.15) is 0 Å². The van der Waals surface area contributed by atoms with Crippen LogP contribution in [0, 0.1) is 0 Å². The number of hydrogen-bond acceptors (Lipinski definition) is 7. The summed E-state index contributed by atoms with van der Waals surface area (Å²) in [5.41, 5.74) is 1.21. The number of sulfonamides is 1. The highest BCUT2D eigenvalue weighted by Gasteiger charge is 2.26. The summed E-state index contributed by atoms with van der Waals surface area (Å²) >= 11 is 1.06. The van der Waals surface area contributed by atoms with Crippen molar-refractivity contribution in [3.05, 3.63) is 70.7 Å². The van der Waals surface area contributed by atoms with Gasteiger partial charge in [0.1, 0.15) is 0 Å². The van der Waals surface area contributed by atoms with Gasteiger partial charge in [-0.1, -0.05) is 18.2 Å². The lowest BCUT2D eigenvalue weighted by molar-refractivity contribution is -0.115. The van der Waals surface area contributed by atoms with Crippen LogP contribution >= 0.6 is 11.3 Å². The fraction of sp³-hybridized carbons (Fsp3) is 0.0526. The minimum Gasteiger partial charge on any atom is -0.326 e. The van der Waals surface area contributed by atoms with E-state index in [-0.39, 0.29) is 27.6 Å². The number of aromatic nitrogens is 1. The summed E-state index contributed by atoms with van der Waals surface area (Å²) in [7, 11) is -3.76. The van der Waals surface area contributed by atoms with Gasteiger partial charge in [-0.25, -0.2) is 13.4 Å². The molecule has 0 unspecified atom stereocenters. The zero-order valence-corrected chi connectivity index (χ0v) is 16.8. The van der Waals surface area contributed by atoms with E-state index in [1.807, 2.05) is 0 Å². The number of thiazole rings is 1. The molecular weight excluding hydrogens is 428 g/mol. The normalized spacial score (nSPS) is 12.9. The number of rotatable bonds is 6. The van der Waals surface area contributed by atoms with E-state index in [1.54, 1.807) is 23.6 Å². The Bertz CT molecular complexity index is 1270. The summed E-state index contributed by atoms with van der Waals surface area (Å²) in [4.78, 5) is 39.8. The van der Waals surface area contributed by atoms with Crippen LogP contribution in [0.2, 0.25) is 0 Å². The Morgan fingerprint density at radius 2 is 1.77 bits per heavy atom. The van der Waals surface area contributed by atoms with Crippen LogP contribution < -0.4 is 15.4 Å². The number of carbonyl (C=O) groups is 3. The minimum absolute atomic E-state index is 0.0915. The number of fused-ring (bicyclic) bond motifs is 1. The third-order valence-electron chi connectivity index (χ3n) is 4.19. The second-order valence-corrected chi connectivity index (χ2v) is 8.87. The molecule has 2 heterocycles. The number of benzene rings is 2. The van der Waals surface area contributed by atoms with Crippen molar-refractivity contribution < 1.29 is 22.8 Å². The summed E-state index contributed by atoms with van der Waals surface area (Å²) in [6.07, 6.45) is -0.0915. The first-order valence-electron chi connectivity index (χ1n) is 8.64. The first-order valence-corrected chi connectivity index (χ1v) is 11.0. The topological polar surface area (TPSA) is 134 Å². The molecule has 3 amide bonds. The van der Waals surface area contributed by atoms with Gasteiger partial charge in [-0.15, -0.1) is 11.3 Å². The summed E-state index contributed by atoms with van der Waals surface area (Å²) in [5.74, 6) is -1.38. The van der Waals surface area contributed by atoms with Crippen LogP contribution in [-0.4, -0.2) is 31.1 Å². The molecule has 0 saturated carbocycles. The van der Waals surface area contributed by atoms with Crippen LogP contribution in [0.5, 0.6) is 0 Å². The largest absolute Gasteiger partial charge is 0.326 e. The van der Waals surface area contributed by atoms with Crippen molar-refractivity contribution >= 4 is 49.9 Å². The first-order chi connectivity index (χ1) is 14.3. The standard InChI is InChI=1S/C19H14N4O5S2/c24-16(20-11-6-7-14-15(8-11)18(26)22-17(14)25)9-12-10-29-19(21-12)23-30(27,28)13-4-2-1-3-5-13/h1-8,10H,9H2,(H,20,24)(H,21,23)(H,22,25,26). The van der Waals surface area contributed by atoms with Crippen LogP contribution in [0.4, 0.5) is 10.8 Å². The van der Waals surface area contributed by atoms with Crippen LogP contribution in [0.25, 0.3) is 0 Å². The third-order valence-corrected chi connectivity index (χ3v) is 6.48. The second-order valence-electron chi connectivity index (χ2n) is 6.33. The van der Waals surface area contributed by atoms with Crippen LogP contribution in [0.1, 0.15) is 26.4 Å². The number of imide groups is 1. The molecule has 1 aliphatic rings. The van der Waals surface area contributed by atoms with Gasteiger partial charge in [-0.3, -0.25) is 24.4 Å². The van der Waals surface area contributed by atoms with Gasteiger partial charge in [0.15, 0.2) is 5.13 Å². The molecule has 152 valence electrons. The molecule has 0 saturated heterocycles. The van der Waals surface area contributed by atoms with E-state index < -0.39 is 27.7 Å². The predicted molar refractivity (Wildman–Crippen MR) is 110 cm³/mol. The van der Waals surface area contributed by atoms with Crippen molar-refractivity contribution in [1.29, 1.82) is 0 Å². The zero-order chi connectivity index (χ0) is 21.3. The lowest BCUT2D eigenvalue weighted by atomic mass is 10.1. The molecule has 11 heteroatoms. The maximum absolute atomic E-state index is 12.3.